The Morgan fingerprint density at radius 2 is 1.92 bits per heavy atom. The Hall–Kier alpha value is -1.60. The predicted octanol–water partition coefficient (Wildman–Crippen LogP) is 2.30. The largest absolute Gasteiger partial charge is 0.338 e. The lowest BCUT2D eigenvalue weighted by molar-refractivity contribution is 0.199. The van der Waals surface area contributed by atoms with Gasteiger partial charge in [-0.3, -0.25) is 0 Å². The SMILES string of the molecule is CCS(=O)(=O)NCCCNC(=O)N1CCCC(c2ccccc2)CC1. The molecule has 1 aliphatic rings. The smallest absolute Gasteiger partial charge is 0.317 e. The van der Waals surface area contributed by atoms with Crippen LogP contribution in [-0.4, -0.2) is 51.3 Å². The van der Waals surface area contributed by atoms with Crippen LogP contribution in [-0.2, 0) is 10.0 Å². The number of nitrogens with zero attached hydrogens (tertiary/aromatic N) is 1. The molecule has 1 aromatic rings. The number of carbonyl (C=O) groups excluding carboxylic acids is 1. The van der Waals surface area contributed by atoms with E-state index in [1.54, 1.807) is 6.92 Å². The summed E-state index contributed by atoms with van der Waals surface area (Å²) in [6, 6.07) is 10.4. The third-order valence-corrected chi connectivity index (χ3v) is 6.02. The van der Waals surface area contributed by atoms with Crippen molar-refractivity contribution < 1.29 is 13.2 Å². The molecule has 1 aliphatic heterocycles. The van der Waals surface area contributed by atoms with E-state index in [-0.39, 0.29) is 11.8 Å². The Bertz CT molecular complexity index is 634. The van der Waals surface area contributed by atoms with Crippen molar-refractivity contribution in [3.05, 3.63) is 35.9 Å². The van der Waals surface area contributed by atoms with E-state index < -0.39 is 10.0 Å². The van der Waals surface area contributed by atoms with Gasteiger partial charge in [0, 0.05) is 26.2 Å². The predicted molar refractivity (Wildman–Crippen MR) is 100 cm³/mol. The third-order valence-electron chi connectivity index (χ3n) is 4.62. The second kappa shape index (κ2) is 9.77. The van der Waals surface area contributed by atoms with Crippen molar-refractivity contribution >= 4 is 16.1 Å². The molecule has 6 nitrogen and oxygen atoms in total. The second-order valence-electron chi connectivity index (χ2n) is 6.41. The van der Waals surface area contributed by atoms with Crippen LogP contribution in [0.15, 0.2) is 30.3 Å². The number of nitrogens with one attached hydrogen (secondary N) is 2. The van der Waals surface area contributed by atoms with Crippen LogP contribution >= 0.6 is 0 Å². The number of amides is 2. The summed E-state index contributed by atoms with van der Waals surface area (Å²) in [5, 5.41) is 2.89. The number of benzene rings is 1. The highest BCUT2D eigenvalue weighted by Crippen LogP contribution is 2.27. The van der Waals surface area contributed by atoms with Crippen LogP contribution in [0.25, 0.3) is 0 Å². The van der Waals surface area contributed by atoms with E-state index in [1.807, 2.05) is 11.0 Å². The van der Waals surface area contributed by atoms with Gasteiger partial charge < -0.3 is 10.2 Å². The lowest BCUT2D eigenvalue weighted by Gasteiger charge is -2.21. The topological polar surface area (TPSA) is 78.5 Å². The van der Waals surface area contributed by atoms with E-state index in [0.29, 0.717) is 25.4 Å². The lowest BCUT2D eigenvalue weighted by atomic mass is 9.92. The van der Waals surface area contributed by atoms with Gasteiger partial charge in [-0.15, -0.1) is 0 Å². The molecule has 140 valence electrons. The molecule has 1 heterocycles. The Kier molecular flexibility index (Phi) is 7.71. The molecule has 7 heteroatoms. The molecule has 1 aromatic carbocycles. The van der Waals surface area contributed by atoms with Crippen LogP contribution in [0.4, 0.5) is 4.79 Å². The van der Waals surface area contributed by atoms with Crippen LogP contribution in [0.1, 0.15) is 44.1 Å². The van der Waals surface area contributed by atoms with Gasteiger partial charge in [-0.2, -0.15) is 0 Å². The van der Waals surface area contributed by atoms with Gasteiger partial charge in [0.2, 0.25) is 10.0 Å². The van der Waals surface area contributed by atoms with E-state index in [4.69, 9.17) is 0 Å². The zero-order valence-corrected chi connectivity index (χ0v) is 15.7. The average Bonchev–Trinajstić information content (AvgIpc) is 2.88. The first-order chi connectivity index (χ1) is 12.0. The fraction of sp³-hybridized carbons (Fsp3) is 0.611. The molecule has 0 aliphatic carbocycles. The summed E-state index contributed by atoms with van der Waals surface area (Å²) < 4.78 is 25.1. The summed E-state index contributed by atoms with van der Waals surface area (Å²) in [6.07, 6.45) is 3.68. The molecule has 0 saturated carbocycles. The minimum atomic E-state index is -3.15. The van der Waals surface area contributed by atoms with Crippen molar-refractivity contribution in [2.24, 2.45) is 0 Å². The van der Waals surface area contributed by atoms with Crippen LogP contribution < -0.4 is 10.0 Å². The quantitative estimate of drug-likeness (QED) is 0.726. The highest BCUT2D eigenvalue weighted by atomic mass is 32.2. The third kappa shape index (κ3) is 6.66. The van der Waals surface area contributed by atoms with E-state index >= 15 is 0 Å². The van der Waals surface area contributed by atoms with E-state index in [9.17, 15) is 13.2 Å². The first-order valence-corrected chi connectivity index (χ1v) is 10.7. The van der Waals surface area contributed by atoms with Gasteiger partial charge in [0.05, 0.1) is 5.75 Å². The summed E-state index contributed by atoms with van der Waals surface area (Å²) in [5.41, 5.74) is 1.35. The van der Waals surface area contributed by atoms with E-state index in [0.717, 1.165) is 32.4 Å². The van der Waals surface area contributed by atoms with Gasteiger partial charge in [0.15, 0.2) is 0 Å². The monoisotopic (exact) mass is 367 g/mol. The molecular weight excluding hydrogens is 338 g/mol. The van der Waals surface area contributed by atoms with Crippen molar-refractivity contribution in [3.63, 3.8) is 0 Å². The maximum Gasteiger partial charge on any atom is 0.317 e. The number of sulfonamides is 1. The summed E-state index contributed by atoms with van der Waals surface area (Å²) in [6.45, 7) is 3.97. The summed E-state index contributed by atoms with van der Waals surface area (Å²) in [4.78, 5) is 14.2. The summed E-state index contributed by atoms with van der Waals surface area (Å²) >= 11 is 0. The summed E-state index contributed by atoms with van der Waals surface area (Å²) in [7, 11) is -3.15. The molecule has 2 N–H and O–H groups in total. The fourth-order valence-electron chi connectivity index (χ4n) is 3.08. The van der Waals surface area contributed by atoms with Gasteiger partial charge in [-0.05, 0) is 44.1 Å². The highest BCUT2D eigenvalue weighted by molar-refractivity contribution is 7.89. The Morgan fingerprint density at radius 3 is 2.64 bits per heavy atom. The highest BCUT2D eigenvalue weighted by Gasteiger charge is 2.21. The molecule has 1 fully saturated rings. The number of carbonyl (C=O) groups is 1. The molecule has 1 unspecified atom stereocenters. The molecule has 2 rings (SSSR count). The van der Waals surface area contributed by atoms with Crippen molar-refractivity contribution in [1.29, 1.82) is 0 Å². The van der Waals surface area contributed by atoms with Crippen LogP contribution in [0.3, 0.4) is 0 Å². The number of urea groups is 1. The Morgan fingerprint density at radius 1 is 1.16 bits per heavy atom. The lowest BCUT2D eigenvalue weighted by Crippen LogP contribution is -2.41. The summed E-state index contributed by atoms with van der Waals surface area (Å²) in [5.74, 6) is 0.595. The van der Waals surface area contributed by atoms with E-state index in [2.05, 4.69) is 34.3 Å². The molecule has 0 radical (unpaired) electrons. The number of likely N-dealkylation sites (tertiary alicyclic amines) is 1. The minimum Gasteiger partial charge on any atom is -0.338 e. The normalized spacial score (nSPS) is 18.6. The van der Waals surface area contributed by atoms with Crippen LogP contribution in [0, 0.1) is 0 Å². The van der Waals surface area contributed by atoms with Crippen molar-refractivity contribution in [3.8, 4) is 0 Å². The molecule has 0 spiro atoms. The van der Waals surface area contributed by atoms with Gasteiger partial charge in [-0.25, -0.2) is 17.9 Å². The molecule has 25 heavy (non-hydrogen) atoms. The first kappa shape index (κ1) is 19.7. The zero-order chi connectivity index (χ0) is 18.1. The standard InChI is InChI=1S/C18H29N3O3S/c1-2-25(23,24)20-13-7-12-19-18(22)21-14-6-10-17(11-15-21)16-8-4-3-5-9-16/h3-5,8-9,17,20H,2,6-7,10-15H2,1H3,(H,19,22). The average molecular weight is 368 g/mol. The van der Waals surface area contributed by atoms with Gasteiger partial charge in [0.25, 0.3) is 0 Å². The molecule has 0 aromatic heterocycles. The van der Waals surface area contributed by atoms with Crippen molar-refractivity contribution in [2.75, 3.05) is 31.9 Å². The van der Waals surface area contributed by atoms with Crippen molar-refractivity contribution in [2.45, 2.75) is 38.5 Å². The Balaban J connectivity index is 1.70. The van der Waals surface area contributed by atoms with Crippen LogP contribution in [0.5, 0.6) is 0 Å². The van der Waals surface area contributed by atoms with Gasteiger partial charge in [-0.1, -0.05) is 30.3 Å². The first-order valence-electron chi connectivity index (χ1n) is 9.07. The maximum absolute atomic E-state index is 12.3. The molecule has 2 amide bonds. The fourth-order valence-corrected chi connectivity index (χ4v) is 3.74. The van der Waals surface area contributed by atoms with Gasteiger partial charge >= 0.3 is 6.03 Å². The second-order valence-corrected chi connectivity index (χ2v) is 8.50. The molecule has 1 atom stereocenters. The number of rotatable bonds is 7. The van der Waals surface area contributed by atoms with E-state index in [1.165, 1.54) is 5.56 Å². The Labute approximate surface area is 151 Å². The molecular formula is C18H29N3O3S. The minimum absolute atomic E-state index is 0.0490. The molecule has 0 bridgehead atoms. The maximum atomic E-state index is 12.3. The van der Waals surface area contributed by atoms with Crippen molar-refractivity contribution in [1.82, 2.24) is 14.9 Å². The van der Waals surface area contributed by atoms with Gasteiger partial charge in [0.1, 0.15) is 0 Å². The van der Waals surface area contributed by atoms with Crippen LogP contribution in [0.2, 0.25) is 0 Å². The number of hydrogen-bond acceptors (Lipinski definition) is 3. The zero-order valence-electron chi connectivity index (χ0n) is 14.9. The number of hydrogen-bond donors (Lipinski definition) is 2. The molecule has 1 saturated heterocycles.